The summed E-state index contributed by atoms with van der Waals surface area (Å²) < 4.78 is 6.53. The first kappa shape index (κ1) is 9.80. The third-order valence-electron chi connectivity index (χ3n) is 2.25. The number of nitrogens with two attached hydrogens (primary N) is 1. The van der Waals surface area contributed by atoms with Crippen molar-refractivity contribution in [3.63, 3.8) is 0 Å². The van der Waals surface area contributed by atoms with Crippen LogP contribution in [0.3, 0.4) is 0 Å². The maximum Gasteiger partial charge on any atom is 0.339 e. The lowest BCUT2D eigenvalue weighted by atomic mass is 10.2. The second kappa shape index (κ2) is 3.62. The molecule has 0 spiro atoms. The van der Waals surface area contributed by atoms with Gasteiger partial charge in [0.25, 0.3) is 0 Å². The Morgan fingerprint density at radius 2 is 2.31 bits per heavy atom. The van der Waals surface area contributed by atoms with Crippen LogP contribution < -0.4 is 5.73 Å². The minimum atomic E-state index is -0.312. The van der Waals surface area contributed by atoms with Crippen molar-refractivity contribution in [2.24, 2.45) is 12.8 Å². The molecule has 0 saturated heterocycles. The van der Waals surface area contributed by atoms with Crippen LogP contribution in [0.25, 0.3) is 0 Å². The highest BCUT2D eigenvalue weighted by atomic mass is 16.5. The van der Waals surface area contributed by atoms with Crippen molar-refractivity contribution < 1.29 is 9.53 Å². The maximum atomic E-state index is 11.2. The smallest absolute Gasteiger partial charge is 0.339 e. The zero-order valence-corrected chi connectivity index (χ0v) is 8.13. The fourth-order valence-corrected chi connectivity index (χ4v) is 1.28. The van der Waals surface area contributed by atoms with Gasteiger partial charge in [0.15, 0.2) is 0 Å². The van der Waals surface area contributed by atoms with E-state index in [1.165, 1.54) is 7.11 Å². The lowest BCUT2D eigenvalue weighted by molar-refractivity contribution is 0.0600. The summed E-state index contributed by atoms with van der Waals surface area (Å²) in [5.74, 6) is -0.312. The van der Waals surface area contributed by atoms with E-state index in [2.05, 4.69) is 4.74 Å². The van der Waals surface area contributed by atoms with Gasteiger partial charge in [0.05, 0.1) is 12.7 Å². The standard InChI is InChI=1S/C9H14N2O2/c1-6-8(9(12)13-3)4-7(5-10)11(6)2/h4H,5,10H2,1-3H3. The van der Waals surface area contributed by atoms with Crippen LogP contribution in [0.1, 0.15) is 21.7 Å². The molecule has 0 saturated carbocycles. The molecule has 1 aromatic rings. The van der Waals surface area contributed by atoms with E-state index < -0.39 is 0 Å². The molecule has 0 fully saturated rings. The predicted octanol–water partition coefficient (Wildman–Crippen LogP) is 0.579. The molecule has 1 aromatic heterocycles. The van der Waals surface area contributed by atoms with Gasteiger partial charge in [0.2, 0.25) is 0 Å². The van der Waals surface area contributed by atoms with E-state index >= 15 is 0 Å². The Bertz CT molecular complexity index is 329. The summed E-state index contributed by atoms with van der Waals surface area (Å²) in [6, 6.07) is 1.77. The van der Waals surface area contributed by atoms with Crippen LogP contribution in [0.15, 0.2) is 6.07 Å². The number of carbonyl (C=O) groups is 1. The van der Waals surface area contributed by atoms with Crippen LogP contribution in [0, 0.1) is 6.92 Å². The number of esters is 1. The Kier molecular flexibility index (Phi) is 2.72. The summed E-state index contributed by atoms with van der Waals surface area (Å²) in [6.07, 6.45) is 0. The number of carbonyl (C=O) groups excluding carboxylic acids is 1. The third kappa shape index (κ3) is 1.58. The van der Waals surface area contributed by atoms with Crippen molar-refractivity contribution in [1.29, 1.82) is 0 Å². The van der Waals surface area contributed by atoms with E-state index in [0.29, 0.717) is 12.1 Å². The Labute approximate surface area is 77.3 Å². The minimum Gasteiger partial charge on any atom is -0.465 e. The van der Waals surface area contributed by atoms with Crippen molar-refractivity contribution in [3.05, 3.63) is 23.0 Å². The number of hydrogen-bond acceptors (Lipinski definition) is 3. The van der Waals surface area contributed by atoms with Crippen LogP contribution in [-0.2, 0) is 18.3 Å². The number of rotatable bonds is 2. The normalized spacial score (nSPS) is 10.2. The fourth-order valence-electron chi connectivity index (χ4n) is 1.28. The lowest BCUT2D eigenvalue weighted by Gasteiger charge is -2.01. The van der Waals surface area contributed by atoms with Crippen molar-refractivity contribution in [3.8, 4) is 0 Å². The van der Waals surface area contributed by atoms with E-state index in [-0.39, 0.29) is 5.97 Å². The third-order valence-corrected chi connectivity index (χ3v) is 2.25. The highest BCUT2D eigenvalue weighted by molar-refractivity contribution is 5.91. The monoisotopic (exact) mass is 182 g/mol. The van der Waals surface area contributed by atoms with Gasteiger partial charge in [0, 0.05) is 25.0 Å². The van der Waals surface area contributed by atoms with Gasteiger partial charge in [-0.15, -0.1) is 0 Å². The van der Waals surface area contributed by atoms with Crippen LogP contribution in [0.5, 0.6) is 0 Å². The molecule has 4 nitrogen and oxygen atoms in total. The van der Waals surface area contributed by atoms with E-state index in [1.807, 2.05) is 18.5 Å². The van der Waals surface area contributed by atoms with Gasteiger partial charge >= 0.3 is 5.97 Å². The van der Waals surface area contributed by atoms with Gasteiger partial charge in [0.1, 0.15) is 0 Å². The molecule has 0 atom stereocenters. The molecule has 0 aliphatic rings. The van der Waals surface area contributed by atoms with E-state index in [1.54, 1.807) is 6.07 Å². The summed E-state index contributed by atoms with van der Waals surface area (Å²) in [7, 11) is 3.25. The summed E-state index contributed by atoms with van der Waals surface area (Å²) in [5.41, 5.74) is 7.90. The van der Waals surface area contributed by atoms with Gasteiger partial charge in [-0.3, -0.25) is 0 Å². The number of aromatic nitrogens is 1. The van der Waals surface area contributed by atoms with Crippen molar-refractivity contribution in [1.82, 2.24) is 4.57 Å². The molecule has 0 aliphatic carbocycles. The Morgan fingerprint density at radius 1 is 1.69 bits per heavy atom. The van der Waals surface area contributed by atoms with Crippen LogP contribution in [0.4, 0.5) is 0 Å². The van der Waals surface area contributed by atoms with Gasteiger partial charge in [-0.1, -0.05) is 0 Å². The van der Waals surface area contributed by atoms with Gasteiger partial charge in [-0.05, 0) is 13.0 Å². The van der Waals surface area contributed by atoms with E-state index in [0.717, 1.165) is 11.4 Å². The first-order valence-electron chi connectivity index (χ1n) is 4.05. The Hall–Kier alpha value is -1.29. The Morgan fingerprint density at radius 3 is 2.69 bits per heavy atom. The summed E-state index contributed by atoms with van der Waals surface area (Å²) in [4.78, 5) is 11.2. The molecule has 0 amide bonds. The Balaban J connectivity index is 3.17. The molecule has 2 N–H and O–H groups in total. The maximum absolute atomic E-state index is 11.2. The lowest BCUT2D eigenvalue weighted by Crippen LogP contribution is -2.05. The summed E-state index contributed by atoms with van der Waals surface area (Å²) in [5, 5.41) is 0. The molecule has 4 heteroatoms. The highest BCUT2D eigenvalue weighted by Crippen LogP contribution is 2.14. The van der Waals surface area contributed by atoms with Gasteiger partial charge < -0.3 is 15.0 Å². The number of methoxy groups -OCH3 is 1. The van der Waals surface area contributed by atoms with Crippen molar-refractivity contribution >= 4 is 5.97 Å². The summed E-state index contributed by atoms with van der Waals surface area (Å²) in [6.45, 7) is 2.29. The van der Waals surface area contributed by atoms with Gasteiger partial charge in [-0.2, -0.15) is 0 Å². The van der Waals surface area contributed by atoms with Crippen LogP contribution >= 0.6 is 0 Å². The number of ether oxygens (including phenoxy) is 1. The number of hydrogen-bond donors (Lipinski definition) is 1. The first-order chi connectivity index (χ1) is 6.11. The molecule has 0 radical (unpaired) electrons. The molecular formula is C9H14N2O2. The van der Waals surface area contributed by atoms with E-state index in [4.69, 9.17) is 5.73 Å². The molecule has 0 bridgehead atoms. The quantitative estimate of drug-likeness (QED) is 0.680. The molecular weight excluding hydrogens is 168 g/mol. The zero-order valence-electron chi connectivity index (χ0n) is 8.13. The summed E-state index contributed by atoms with van der Waals surface area (Å²) >= 11 is 0. The van der Waals surface area contributed by atoms with Crippen molar-refractivity contribution in [2.75, 3.05) is 7.11 Å². The molecule has 1 heterocycles. The number of nitrogens with zero attached hydrogens (tertiary/aromatic N) is 1. The molecule has 0 aromatic carbocycles. The molecule has 0 unspecified atom stereocenters. The van der Waals surface area contributed by atoms with Crippen molar-refractivity contribution in [2.45, 2.75) is 13.5 Å². The fraction of sp³-hybridized carbons (Fsp3) is 0.444. The molecule has 72 valence electrons. The first-order valence-corrected chi connectivity index (χ1v) is 4.05. The average molecular weight is 182 g/mol. The molecule has 1 rings (SSSR count). The van der Waals surface area contributed by atoms with Crippen LogP contribution in [-0.4, -0.2) is 17.6 Å². The topological polar surface area (TPSA) is 57.2 Å². The van der Waals surface area contributed by atoms with Gasteiger partial charge in [-0.25, -0.2) is 4.79 Å². The minimum absolute atomic E-state index is 0.312. The second-order valence-corrected chi connectivity index (χ2v) is 2.89. The highest BCUT2D eigenvalue weighted by Gasteiger charge is 2.14. The van der Waals surface area contributed by atoms with E-state index in [9.17, 15) is 4.79 Å². The zero-order chi connectivity index (χ0) is 10.0. The largest absolute Gasteiger partial charge is 0.465 e. The molecule has 0 aliphatic heterocycles. The second-order valence-electron chi connectivity index (χ2n) is 2.89. The average Bonchev–Trinajstić information content (AvgIpc) is 2.43. The SMILES string of the molecule is COC(=O)c1cc(CN)n(C)c1C. The molecule has 13 heavy (non-hydrogen) atoms. The predicted molar refractivity (Wildman–Crippen MR) is 49.4 cm³/mol. The van der Waals surface area contributed by atoms with Crippen LogP contribution in [0.2, 0.25) is 0 Å².